The van der Waals surface area contributed by atoms with Crippen LogP contribution in [0, 0.1) is 12.8 Å². The normalized spacial score (nSPS) is 12.8. The van der Waals surface area contributed by atoms with Crippen molar-refractivity contribution in [3.8, 4) is 0 Å². The van der Waals surface area contributed by atoms with Gasteiger partial charge in [-0.25, -0.2) is 0 Å². The van der Waals surface area contributed by atoms with E-state index in [-0.39, 0.29) is 0 Å². The molecule has 0 spiro atoms. The second-order valence-corrected chi connectivity index (χ2v) is 5.53. The molecular weight excluding hydrogens is 250 g/mol. The molecule has 1 unspecified atom stereocenters. The fraction of sp³-hybridized carbons (Fsp3) is 0.765. The van der Waals surface area contributed by atoms with Crippen molar-refractivity contribution in [2.45, 2.75) is 66.5 Å². The van der Waals surface area contributed by atoms with E-state index < -0.39 is 0 Å². The third kappa shape index (κ3) is 6.10. The van der Waals surface area contributed by atoms with E-state index in [2.05, 4.69) is 39.1 Å². The summed E-state index contributed by atoms with van der Waals surface area (Å²) in [6.45, 7) is 11.9. The molecule has 0 radical (unpaired) electrons. The van der Waals surface area contributed by atoms with Gasteiger partial charge < -0.3 is 14.5 Å². The number of hydrogen-bond donors (Lipinski definition) is 1. The molecule has 3 nitrogen and oxygen atoms in total. The van der Waals surface area contributed by atoms with Gasteiger partial charge in [0.05, 0.1) is 6.54 Å². The molecular formula is C17H31NO2. The summed E-state index contributed by atoms with van der Waals surface area (Å²) in [5, 5.41) is 3.29. The number of aryl methyl sites for hydroxylation is 1. The lowest BCUT2D eigenvalue weighted by Crippen LogP contribution is -2.11. The molecule has 0 aliphatic rings. The first-order valence-electron chi connectivity index (χ1n) is 8.07. The molecule has 1 heterocycles. The molecule has 0 aliphatic carbocycles. The summed E-state index contributed by atoms with van der Waals surface area (Å²) < 4.78 is 11.7. The van der Waals surface area contributed by atoms with Crippen LogP contribution in [-0.2, 0) is 17.9 Å². The van der Waals surface area contributed by atoms with E-state index in [4.69, 9.17) is 9.15 Å². The fourth-order valence-electron chi connectivity index (χ4n) is 2.30. The van der Waals surface area contributed by atoms with Crippen LogP contribution in [0.3, 0.4) is 0 Å². The molecule has 0 aliphatic heterocycles. The molecule has 0 amide bonds. The molecule has 0 aromatic carbocycles. The van der Waals surface area contributed by atoms with Crippen LogP contribution in [0.1, 0.15) is 63.5 Å². The number of rotatable bonds is 11. The molecule has 0 bridgehead atoms. The van der Waals surface area contributed by atoms with Crippen molar-refractivity contribution < 1.29 is 9.15 Å². The van der Waals surface area contributed by atoms with Gasteiger partial charge in [-0.1, -0.05) is 40.0 Å². The van der Waals surface area contributed by atoms with Crippen LogP contribution in [-0.4, -0.2) is 13.2 Å². The van der Waals surface area contributed by atoms with Gasteiger partial charge in [0.25, 0.3) is 0 Å². The van der Waals surface area contributed by atoms with Crippen LogP contribution in [0.2, 0.25) is 0 Å². The Morgan fingerprint density at radius 3 is 2.75 bits per heavy atom. The van der Waals surface area contributed by atoms with Gasteiger partial charge in [-0.2, -0.15) is 0 Å². The highest BCUT2D eigenvalue weighted by atomic mass is 16.5. The number of hydrogen-bond acceptors (Lipinski definition) is 3. The van der Waals surface area contributed by atoms with Crippen molar-refractivity contribution in [2.24, 2.45) is 5.92 Å². The summed E-state index contributed by atoms with van der Waals surface area (Å²) in [6, 6.07) is 2.10. The SMILES string of the molecule is CCCCC(CC)COCc1cc(C)c(CNCC)o1. The zero-order valence-corrected chi connectivity index (χ0v) is 13.6. The molecule has 3 heteroatoms. The molecule has 1 rings (SSSR count). The van der Waals surface area contributed by atoms with Crippen LogP contribution in [0.15, 0.2) is 10.5 Å². The Bertz CT molecular complexity index is 360. The van der Waals surface area contributed by atoms with Crippen LogP contribution in [0.4, 0.5) is 0 Å². The predicted molar refractivity (Wildman–Crippen MR) is 83.8 cm³/mol. The monoisotopic (exact) mass is 281 g/mol. The van der Waals surface area contributed by atoms with Crippen molar-refractivity contribution in [1.29, 1.82) is 0 Å². The van der Waals surface area contributed by atoms with E-state index in [1.165, 1.54) is 31.2 Å². The third-order valence-electron chi connectivity index (χ3n) is 3.75. The van der Waals surface area contributed by atoms with Crippen LogP contribution in [0.25, 0.3) is 0 Å². The molecule has 1 aromatic rings. The van der Waals surface area contributed by atoms with Gasteiger partial charge in [0.15, 0.2) is 0 Å². The Morgan fingerprint density at radius 2 is 2.10 bits per heavy atom. The molecule has 0 fully saturated rings. The van der Waals surface area contributed by atoms with Crippen molar-refractivity contribution >= 4 is 0 Å². The Hall–Kier alpha value is -0.800. The van der Waals surface area contributed by atoms with E-state index in [0.717, 1.165) is 31.2 Å². The number of furan rings is 1. The van der Waals surface area contributed by atoms with E-state index in [1.807, 2.05) is 0 Å². The van der Waals surface area contributed by atoms with E-state index in [9.17, 15) is 0 Å². The smallest absolute Gasteiger partial charge is 0.130 e. The zero-order chi connectivity index (χ0) is 14.8. The summed E-state index contributed by atoms with van der Waals surface area (Å²) in [4.78, 5) is 0. The highest BCUT2D eigenvalue weighted by Crippen LogP contribution is 2.17. The maximum absolute atomic E-state index is 5.83. The average molecular weight is 281 g/mol. The molecule has 0 saturated heterocycles. The molecule has 1 N–H and O–H groups in total. The van der Waals surface area contributed by atoms with Crippen LogP contribution >= 0.6 is 0 Å². The standard InChI is InChI=1S/C17H31NO2/c1-5-8-9-15(6-2)12-19-13-16-10-14(4)17(20-16)11-18-7-3/h10,15,18H,5-9,11-13H2,1-4H3. The van der Waals surface area contributed by atoms with Gasteiger partial charge >= 0.3 is 0 Å². The average Bonchev–Trinajstić information content (AvgIpc) is 2.80. The van der Waals surface area contributed by atoms with Crippen LogP contribution < -0.4 is 5.32 Å². The summed E-state index contributed by atoms with van der Waals surface area (Å²) in [6.07, 6.45) is 5.04. The van der Waals surface area contributed by atoms with Gasteiger partial charge in [-0.05, 0) is 37.4 Å². The van der Waals surface area contributed by atoms with Gasteiger partial charge in [-0.15, -0.1) is 0 Å². The first-order valence-corrected chi connectivity index (χ1v) is 8.07. The van der Waals surface area contributed by atoms with Gasteiger partial charge in [-0.3, -0.25) is 0 Å². The Morgan fingerprint density at radius 1 is 1.30 bits per heavy atom. The molecule has 20 heavy (non-hydrogen) atoms. The minimum absolute atomic E-state index is 0.593. The van der Waals surface area contributed by atoms with Crippen molar-refractivity contribution in [2.75, 3.05) is 13.2 Å². The highest BCUT2D eigenvalue weighted by molar-refractivity contribution is 5.19. The topological polar surface area (TPSA) is 34.4 Å². The Labute approximate surface area is 124 Å². The minimum atomic E-state index is 0.593. The number of unbranched alkanes of at least 4 members (excludes halogenated alkanes) is 1. The first-order chi connectivity index (χ1) is 9.71. The molecule has 0 saturated carbocycles. The molecule has 1 atom stereocenters. The predicted octanol–water partition coefficient (Wildman–Crippen LogP) is 4.43. The summed E-state index contributed by atoms with van der Waals surface area (Å²) in [5.41, 5.74) is 1.21. The minimum Gasteiger partial charge on any atom is -0.462 e. The Balaban J connectivity index is 2.33. The molecule has 1 aromatic heterocycles. The maximum Gasteiger partial charge on any atom is 0.130 e. The van der Waals surface area contributed by atoms with Crippen LogP contribution in [0.5, 0.6) is 0 Å². The van der Waals surface area contributed by atoms with Crippen molar-refractivity contribution in [3.05, 3.63) is 23.2 Å². The first kappa shape index (κ1) is 17.3. The third-order valence-corrected chi connectivity index (χ3v) is 3.75. The van der Waals surface area contributed by atoms with E-state index in [1.54, 1.807) is 0 Å². The second kappa shape index (κ2) is 10.0. The largest absolute Gasteiger partial charge is 0.462 e. The summed E-state index contributed by atoms with van der Waals surface area (Å²) in [7, 11) is 0. The fourth-order valence-corrected chi connectivity index (χ4v) is 2.30. The molecule has 116 valence electrons. The lowest BCUT2D eigenvalue weighted by molar-refractivity contribution is 0.0702. The number of ether oxygens (including phenoxy) is 1. The van der Waals surface area contributed by atoms with Gasteiger partial charge in [0, 0.05) is 6.61 Å². The van der Waals surface area contributed by atoms with Gasteiger partial charge in [0.1, 0.15) is 18.1 Å². The zero-order valence-electron chi connectivity index (χ0n) is 13.6. The van der Waals surface area contributed by atoms with Crippen molar-refractivity contribution in [3.63, 3.8) is 0 Å². The Kier molecular flexibility index (Phi) is 8.63. The van der Waals surface area contributed by atoms with E-state index >= 15 is 0 Å². The summed E-state index contributed by atoms with van der Waals surface area (Å²) in [5.74, 6) is 2.66. The lowest BCUT2D eigenvalue weighted by Gasteiger charge is -2.13. The van der Waals surface area contributed by atoms with Crippen molar-refractivity contribution in [1.82, 2.24) is 5.32 Å². The second-order valence-electron chi connectivity index (χ2n) is 5.53. The highest BCUT2D eigenvalue weighted by Gasteiger charge is 2.09. The quantitative estimate of drug-likeness (QED) is 0.651. The number of nitrogens with one attached hydrogen (secondary N) is 1. The van der Waals surface area contributed by atoms with Gasteiger partial charge in [0.2, 0.25) is 0 Å². The lowest BCUT2D eigenvalue weighted by atomic mass is 10.0. The summed E-state index contributed by atoms with van der Waals surface area (Å²) >= 11 is 0. The van der Waals surface area contributed by atoms with E-state index in [0.29, 0.717) is 12.5 Å². The maximum atomic E-state index is 5.83.